The molecule has 3 aliphatic heterocycles. The van der Waals surface area contributed by atoms with Crippen LogP contribution in [0.15, 0.2) is 34.7 Å². The molecule has 13 nitrogen and oxygen atoms in total. The van der Waals surface area contributed by atoms with Gasteiger partial charge in [-0.1, -0.05) is 13.8 Å². The third kappa shape index (κ3) is 2.64. The monoisotopic (exact) mass is 616 g/mol. The van der Waals surface area contributed by atoms with Gasteiger partial charge in [0, 0.05) is 48.7 Å². The Morgan fingerprint density at radius 1 is 1.16 bits per heavy atom. The fourth-order valence-electron chi connectivity index (χ4n) is 11.5. The first-order valence-corrected chi connectivity index (χ1v) is 14.9. The van der Waals surface area contributed by atoms with Gasteiger partial charge >= 0.3 is 17.9 Å². The fraction of sp³-hybridized carbons (Fsp3) is 0.710. The SMILES string of the molecule is COC(=O)[C@@H](O)[C@@H]1[C@@]2(C)C[C@@]3(O)C([C@@H]2OC(C)=O)[C@@H]2O[C@]4(C)O[C@]5(C[C@@H](O)[C@@]6(C)C(=CC(=O)O[C@@H]6c6ccoc6)[C@]25O4)[C@@]13C. The number of carbonyl (C=O) groups is 3. The number of carbonyl (C=O) groups excluding carboxylic acids is 3. The molecule has 4 heterocycles. The molecule has 1 unspecified atom stereocenters. The average molecular weight is 617 g/mol. The molecule has 4 bridgehead atoms. The predicted octanol–water partition coefficient (Wildman–Crippen LogP) is 1.04. The Balaban J connectivity index is 1.44. The summed E-state index contributed by atoms with van der Waals surface area (Å²) < 4.78 is 42.3. The second-order valence-corrected chi connectivity index (χ2v) is 14.4. The Morgan fingerprint density at radius 2 is 1.89 bits per heavy atom. The standard InChI is InChI=1S/C31H36O13/c1-13(32)40-22-18-23-31-15-9-17(34)41-21(14-7-8-39-11-14)26(15,3)16(33)10-30(31,43-28(5,42-23)44-31)27(4)20(19(35)24(36)38-6)25(22,2)12-29(18,27)37/h7-9,11,16,18-23,33,35,37H,10,12H2,1-6H3/t16-,18?,19+,20-,21-,22+,23+,25-,26-,27+,28-,29-,30-,31+/m1/s1. The Kier molecular flexibility index (Phi) is 5.17. The van der Waals surface area contributed by atoms with Gasteiger partial charge in [0.05, 0.1) is 42.7 Å². The van der Waals surface area contributed by atoms with Crippen LogP contribution >= 0.6 is 0 Å². The van der Waals surface area contributed by atoms with Crippen molar-refractivity contribution in [1.82, 2.24) is 0 Å². The van der Waals surface area contributed by atoms with Crippen LogP contribution in [0, 0.1) is 28.1 Å². The first-order valence-electron chi connectivity index (χ1n) is 14.9. The van der Waals surface area contributed by atoms with Gasteiger partial charge in [-0.25, -0.2) is 9.59 Å². The zero-order valence-electron chi connectivity index (χ0n) is 25.2. The number of rotatable bonds is 4. The van der Waals surface area contributed by atoms with Gasteiger partial charge in [-0.15, -0.1) is 0 Å². The minimum atomic E-state index is -1.78. The zero-order chi connectivity index (χ0) is 31.6. The smallest absolute Gasteiger partial charge is 0.335 e. The van der Waals surface area contributed by atoms with E-state index in [1.165, 1.54) is 25.5 Å². The van der Waals surface area contributed by atoms with Crippen molar-refractivity contribution in [3.05, 3.63) is 35.8 Å². The van der Waals surface area contributed by atoms with Crippen LogP contribution in [0.25, 0.3) is 0 Å². The Labute approximate surface area is 252 Å². The number of methoxy groups -OCH3 is 1. The summed E-state index contributed by atoms with van der Waals surface area (Å²) >= 11 is 0. The van der Waals surface area contributed by atoms with E-state index >= 15 is 0 Å². The van der Waals surface area contributed by atoms with E-state index in [-0.39, 0.29) is 12.8 Å². The molecule has 0 amide bonds. The normalized spacial score (nSPS) is 54.7. The summed E-state index contributed by atoms with van der Waals surface area (Å²) in [4.78, 5) is 39.1. The third-order valence-electron chi connectivity index (χ3n) is 12.7. The number of fused-ring (bicyclic) bond motifs is 4. The first kappa shape index (κ1) is 28.6. The lowest BCUT2D eigenvalue weighted by Crippen LogP contribution is -2.88. The molecule has 4 aliphatic carbocycles. The molecule has 6 fully saturated rings. The van der Waals surface area contributed by atoms with Gasteiger partial charge in [0.15, 0.2) is 11.7 Å². The lowest BCUT2D eigenvalue weighted by atomic mass is 9.35. The van der Waals surface area contributed by atoms with Crippen molar-refractivity contribution in [2.24, 2.45) is 28.1 Å². The fourth-order valence-corrected chi connectivity index (χ4v) is 11.5. The lowest BCUT2D eigenvalue weighted by molar-refractivity contribution is -0.419. The number of hydrogen-bond acceptors (Lipinski definition) is 13. The largest absolute Gasteiger partial charge is 0.472 e. The number of ether oxygens (including phenoxy) is 6. The van der Waals surface area contributed by atoms with Crippen molar-refractivity contribution in [3.8, 4) is 0 Å². The molecule has 14 atom stereocenters. The van der Waals surface area contributed by atoms with Crippen molar-refractivity contribution >= 4 is 17.9 Å². The van der Waals surface area contributed by atoms with Crippen molar-refractivity contribution < 1.29 is 62.5 Å². The van der Waals surface area contributed by atoms with E-state index in [1.807, 2.05) is 0 Å². The predicted molar refractivity (Wildman–Crippen MR) is 142 cm³/mol. The van der Waals surface area contributed by atoms with Crippen molar-refractivity contribution in [2.45, 2.75) is 101 Å². The zero-order valence-corrected chi connectivity index (χ0v) is 25.2. The molecule has 3 N–H and O–H groups in total. The topological polar surface area (TPSA) is 180 Å². The second kappa shape index (κ2) is 7.94. The van der Waals surface area contributed by atoms with Gasteiger partial charge in [-0.2, -0.15) is 0 Å². The summed E-state index contributed by atoms with van der Waals surface area (Å²) in [5.74, 6) is -6.03. The number of aliphatic hydroxyl groups excluding tert-OH is 2. The highest BCUT2D eigenvalue weighted by Gasteiger charge is 2.99. The number of hydrogen-bond donors (Lipinski definition) is 3. The van der Waals surface area contributed by atoms with Gasteiger partial charge in [0.2, 0.25) is 0 Å². The van der Waals surface area contributed by atoms with E-state index in [1.54, 1.807) is 33.8 Å². The van der Waals surface area contributed by atoms with E-state index in [0.29, 0.717) is 11.1 Å². The molecular formula is C31H36O13. The van der Waals surface area contributed by atoms with Crippen LogP contribution in [0.1, 0.15) is 59.1 Å². The summed E-state index contributed by atoms with van der Waals surface area (Å²) in [6, 6.07) is 1.65. The first-order chi connectivity index (χ1) is 20.5. The molecular weight excluding hydrogens is 580 g/mol. The van der Waals surface area contributed by atoms with Crippen LogP contribution < -0.4 is 0 Å². The third-order valence-corrected chi connectivity index (χ3v) is 12.7. The highest BCUT2D eigenvalue weighted by atomic mass is 16.9. The quantitative estimate of drug-likeness (QED) is 0.323. The highest BCUT2D eigenvalue weighted by Crippen LogP contribution is 2.87. The van der Waals surface area contributed by atoms with Gasteiger partial charge in [-0.05, 0) is 25.0 Å². The molecule has 1 aromatic rings. The molecule has 1 aromatic heterocycles. The van der Waals surface area contributed by atoms with Crippen molar-refractivity contribution in [3.63, 3.8) is 0 Å². The van der Waals surface area contributed by atoms with Gasteiger partial charge in [-0.3, -0.25) is 4.79 Å². The van der Waals surface area contributed by atoms with E-state index in [2.05, 4.69) is 0 Å². The molecule has 1 spiro atoms. The summed E-state index contributed by atoms with van der Waals surface area (Å²) in [6.45, 7) is 8.08. The van der Waals surface area contributed by atoms with E-state index in [4.69, 9.17) is 32.8 Å². The molecule has 0 radical (unpaired) electrons. The van der Waals surface area contributed by atoms with Crippen LogP contribution in [0.3, 0.4) is 0 Å². The molecule has 238 valence electrons. The van der Waals surface area contributed by atoms with Gasteiger partial charge in [0.25, 0.3) is 5.97 Å². The molecule has 2 saturated heterocycles. The number of aliphatic hydroxyl groups is 3. The molecule has 7 aliphatic rings. The molecule has 13 heteroatoms. The number of esters is 3. The van der Waals surface area contributed by atoms with Crippen LogP contribution in [0.5, 0.6) is 0 Å². The van der Waals surface area contributed by atoms with Crippen LogP contribution in [0.4, 0.5) is 0 Å². The van der Waals surface area contributed by atoms with E-state index in [9.17, 15) is 29.7 Å². The summed E-state index contributed by atoms with van der Waals surface area (Å²) in [5.41, 5.74) is -8.22. The Hall–Kier alpha value is -2.81. The summed E-state index contributed by atoms with van der Waals surface area (Å²) in [6.07, 6.45) is -2.05. The van der Waals surface area contributed by atoms with Gasteiger partial charge in [0.1, 0.15) is 23.9 Å². The minimum absolute atomic E-state index is 0.0156. The maximum atomic E-state index is 13.4. The molecule has 44 heavy (non-hydrogen) atoms. The lowest BCUT2D eigenvalue weighted by Gasteiger charge is -2.74. The number of cyclic esters (lactones) is 1. The summed E-state index contributed by atoms with van der Waals surface area (Å²) in [7, 11) is 1.15. The molecule has 0 aromatic carbocycles. The van der Waals surface area contributed by atoms with E-state index in [0.717, 1.165) is 7.11 Å². The van der Waals surface area contributed by atoms with Crippen LogP contribution in [0.2, 0.25) is 0 Å². The van der Waals surface area contributed by atoms with Crippen LogP contribution in [-0.4, -0.2) is 87.5 Å². The maximum Gasteiger partial charge on any atom is 0.335 e. The van der Waals surface area contributed by atoms with Gasteiger partial charge < -0.3 is 48.2 Å². The minimum Gasteiger partial charge on any atom is -0.472 e. The molecule has 8 rings (SSSR count). The Bertz CT molecular complexity index is 1540. The second-order valence-electron chi connectivity index (χ2n) is 14.4. The average Bonchev–Trinajstić information content (AvgIpc) is 3.70. The van der Waals surface area contributed by atoms with Crippen molar-refractivity contribution in [2.75, 3.05) is 7.11 Å². The van der Waals surface area contributed by atoms with Crippen molar-refractivity contribution in [1.29, 1.82) is 0 Å². The van der Waals surface area contributed by atoms with Crippen LogP contribution in [-0.2, 0) is 42.8 Å². The van der Waals surface area contributed by atoms with E-state index < -0.39 is 99.3 Å². The maximum absolute atomic E-state index is 13.4. The Morgan fingerprint density at radius 3 is 2.52 bits per heavy atom. The highest BCUT2D eigenvalue weighted by molar-refractivity contribution is 5.86. The summed E-state index contributed by atoms with van der Waals surface area (Å²) in [5, 5.41) is 37.0. The molecule has 4 saturated carbocycles. The number of furan rings is 1.